The first-order valence-electron chi connectivity index (χ1n) is 8.80. The van der Waals surface area contributed by atoms with Crippen molar-refractivity contribution < 1.29 is 9.53 Å². The number of nitrogens with one attached hydrogen (secondary N) is 1. The van der Waals surface area contributed by atoms with Crippen LogP contribution >= 0.6 is 0 Å². The molecule has 0 aliphatic carbocycles. The third kappa shape index (κ3) is 3.78. The second-order valence-corrected chi connectivity index (χ2v) is 6.16. The lowest BCUT2D eigenvalue weighted by molar-refractivity contribution is 0.102. The van der Waals surface area contributed by atoms with Crippen molar-refractivity contribution in [2.45, 2.75) is 6.54 Å². The van der Waals surface area contributed by atoms with E-state index in [2.05, 4.69) is 15.5 Å². The van der Waals surface area contributed by atoms with Crippen molar-refractivity contribution >= 4 is 11.7 Å². The van der Waals surface area contributed by atoms with Crippen LogP contribution in [0.4, 0.5) is 5.82 Å². The highest BCUT2D eigenvalue weighted by molar-refractivity contribution is 6.02. The van der Waals surface area contributed by atoms with Crippen LogP contribution in [0.25, 0.3) is 5.69 Å². The van der Waals surface area contributed by atoms with Gasteiger partial charge in [0.1, 0.15) is 11.6 Å². The molecule has 0 aliphatic rings. The minimum Gasteiger partial charge on any atom is -0.497 e. The smallest absolute Gasteiger partial charge is 0.277 e. The molecular formula is C21H19N5O2. The van der Waals surface area contributed by atoms with E-state index in [0.717, 1.165) is 17.0 Å². The van der Waals surface area contributed by atoms with E-state index in [0.29, 0.717) is 18.1 Å². The molecule has 0 bridgehead atoms. The maximum absolute atomic E-state index is 12.6. The summed E-state index contributed by atoms with van der Waals surface area (Å²) >= 11 is 0. The predicted molar refractivity (Wildman–Crippen MR) is 106 cm³/mol. The van der Waals surface area contributed by atoms with Crippen LogP contribution in [0, 0.1) is 0 Å². The molecule has 0 spiro atoms. The molecule has 4 aromatic rings. The van der Waals surface area contributed by atoms with Gasteiger partial charge in [0.25, 0.3) is 5.91 Å². The number of hydrogen-bond acceptors (Lipinski definition) is 4. The molecule has 2 heterocycles. The first-order chi connectivity index (χ1) is 13.7. The Bertz CT molecular complexity index is 1070. The van der Waals surface area contributed by atoms with Crippen LogP contribution in [0.5, 0.6) is 5.75 Å². The highest BCUT2D eigenvalue weighted by atomic mass is 16.5. The molecule has 2 aromatic carbocycles. The minimum atomic E-state index is -0.290. The minimum absolute atomic E-state index is 0.290. The molecule has 28 heavy (non-hydrogen) atoms. The summed E-state index contributed by atoms with van der Waals surface area (Å²) in [6.45, 7) is 0.573. The highest BCUT2D eigenvalue weighted by Gasteiger charge is 2.13. The Morgan fingerprint density at radius 1 is 1.04 bits per heavy atom. The third-order valence-corrected chi connectivity index (χ3v) is 4.29. The molecule has 0 atom stereocenters. The van der Waals surface area contributed by atoms with Gasteiger partial charge in [-0.3, -0.25) is 4.79 Å². The number of amides is 1. The van der Waals surface area contributed by atoms with Gasteiger partial charge in [-0.05, 0) is 35.9 Å². The Balaban J connectivity index is 1.47. The van der Waals surface area contributed by atoms with Gasteiger partial charge in [0.2, 0.25) is 0 Å². The molecule has 0 fully saturated rings. The fraction of sp³-hybridized carbons (Fsp3) is 0.0952. The van der Waals surface area contributed by atoms with Gasteiger partial charge in [-0.1, -0.05) is 30.3 Å². The number of rotatable bonds is 6. The lowest BCUT2D eigenvalue weighted by Gasteiger charge is -2.08. The summed E-state index contributed by atoms with van der Waals surface area (Å²) in [7, 11) is 1.62. The molecule has 0 saturated carbocycles. The summed E-state index contributed by atoms with van der Waals surface area (Å²) in [5, 5.41) is 11.5. The number of anilines is 1. The molecule has 7 heteroatoms. The largest absolute Gasteiger partial charge is 0.497 e. The molecule has 1 amide bonds. The molecule has 0 aliphatic heterocycles. The van der Waals surface area contributed by atoms with E-state index in [4.69, 9.17) is 4.74 Å². The fourth-order valence-electron chi connectivity index (χ4n) is 2.83. The van der Waals surface area contributed by atoms with Gasteiger partial charge in [0, 0.05) is 12.3 Å². The molecule has 7 nitrogen and oxygen atoms in total. The second kappa shape index (κ2) is 7.79. The zero-order chi connectivity index (χ0) is 19.3. The van der Waals surface area contributed by atoms with Crippen molar-refractivity contribution in [2.24, 2.45) is 0 Å². The first-order valence-corrected chi connectivity index (χ1v) is 8.80. The number of methoxy groups -OCH3 is 1. The first kappa shape index (κ1) is 17.5. The van der Waals surface area contributed by atoms with Crippen molar-refractivity contribution in [1.29, 1.82) is 0 Å². The number of hydrogen-bond donors (Lipinski definition) is 1. The van der Waals surface area contributed by atoms with Crippen LogP contribution in [-0.4, -0.2) is 32.6 Å². The van der Waals surface area contributed by atoms with E-state index in [9.17, 15) is 4.79 Å². The maximum Gasteiger partial charge on any atom is 0.277 e. The molecule has 140 valence electrons. The lowest BCUT2D eigenvalue weighted by Crippen LogP contribution is -2.17. The zero-order valence-corrected chi connectivity index (χ0v) is 15.3. The van der Waals surface area contributed by atoms with E-state index >= 15 is 0 Å². The van der Waals surface area contributed by atoms with Gasteiger partial charge >= 0.3 is 0 Å². The molecule has 0 saturated heterocycles. The number of benzene rings is 2. The number of aromatic nitrogens is 4. The number of carbonyl (C=O) groups excluding carboxylic acids is 1. The molecule has 0 unspecified atom stereocenters. The molecule has 2 aromatic heterocycles. The van der Waals surface area contributed by atoms with Crippen molar-refractivity contribution in [3.63, 3.8) is 0 Å². The van der Waals surface area contributed by atoms with Gasteiger partial charge in [-0.25, -0.2) is 9.36 Å². The van der Waals surface area contributed by atoms with Gasteiger partial charge in [0.05, 0.1) is 25.5 Å². The second-order valence-electron chi connectivity index (χ2n) is 6.16. The van der Waals surface area contributed by atoms with Crippen LogP contribution < -0.4 is 10.1 Å². The van der Waals surface area contributed by atoms with E-state index in [1.165, 1.54) is 0 Å². The van der Waals surface area contributed by atoms with Crippen molar-refractivity contribution in [2.75, 3.05) is 12.4 Å². The van der Waals surface area contributed by atoms with E-state index in [1.54, 1.807) is 41.0 Å². The van der Waals surface area contributed by atoms with Gasteiger partial charge in [-0.15, -0.1) is 0 Å². The zero-order valence-electron chi connectivity index (χ0n) is 15.3. The summed E-state index contributed by atoms with van der Waals surface area (Å²) in [4.78, 5) is 12.6. The van der Waals surface area contributed by atoms with Crippen LogP contribution in [0.3, 0.4) is 0 Å². The quantitative estimate of drug-likeness (QED) is 0.562. The number of nitrogens with zero attached hydrogens (tertiary/aromatic N) is 4. The summed E-state index contributed by atoms with van der Waals surface area (Å²) in [5.74, 6) is 1.09. The fourth-order valence-corrected chi connectivity index (χ4v) is 2.83. The van der Waals surface area contributed by atoms with Crippen molar-refractivity contribution in [3.05, 3.63) is 90.4 Å². The van der Waals surface area contributed by atoms with Crippen LogP contribution in [0.15, 0.2) is 79.1 Å². The molecular weight excluding hydrogens is 354 g/mol. The van der Waals surface area contributed by atoms with Gasteiger partial charge in [-0.2, -0.15) is 10.2 Å². The summed E-state index contributed by atoms with van der Waals surface area (Å²) in [6.07, 6.45) is 3.41. The van der Waals surface area contributed by atoms with Gasteiger partial charge < -0.3 is 10.1 Å². The Morgan fingerprint density at radius 3 is 2.57 bits per heavy atom. The monoisotopic (exact) mass is 373 g/mol. The van der Waals surface area contributed by atoms with Crippen LogP contribution in [0.1, 0.15) is 16.1 Å². The Morgan fingerprint density at radius 2 is 1.82 bits per heavy atom. The van der Waals surface area contributed by atoms with E-state index < -0.39 is 0 Å². The average molecular weight is 373 g/mol. The van der Waals surface area contributed by atoms with Crippen LogP contribution in [0.2, 0.25) is 0 Å². The molecule has 0 radical (unpaired) electrons. The Hall–Kier alpha value is -3.87. The SMILES string of the molecule is COc1ccc(-n2ccc(C(=O)Nc3ccnn3Cc3ccccc3)n2)cc1. The summed E-state index contributed by atoms with van der Waals surface area (Å²) in [6, 6.07) is 20.8. The van der Waals surface area contributed by atoms with E-state index in [1.807, 2.05) is 54.6 Å². The summed E-state index contributed by atoms with van der Waals surface area (Å²) in [5.41, 5.74) is 2.27. The average Bonchev–Trinajstić information content (AvgIpc) is 3.39. The normalized spacial score (nSPS) is 10.6. The maximum atomic E-state index is 12.6. The highest BCUT2D eigenvalue weighted by Crippen LogP contribution is 2.15. The predicted octanol–water partition coefficient (Wildman–Crippen LogP) is 3.38. The topological polar surface area (TPSA) is 74.0 Å². The molecule has 1 N–H and O–H groups in total. The van der Waals surface area contributed by atoms with Crippen LogP contribution in [-0.2, 0) is 6.54 Å². The van der Waals surface area contributed by atoms with Gasteiger partial charge in [0.15, 0.2) is 5.69 Å². The number of ether oxygens (including phenoxy) is 1. The Kier molecular flexibility index (Phi) is 4.88. The van der Waals surface area contributed by atoms with Crippen molar-refractivity contribution in [3.8, 4) is 11.4 Å². The molecule has 4 rings (SSSR count). The lowest BCUT2D eigenvalue weighted by atomic mass is 10.2. The standard InChI is InChI=1S/C21H19N5O2/c1-28-18-9-7-17(8-10-18)25-14-12-19(24-25)21(27)23-20-11-13-22-26(20)15-16-5-3-2-4-6-16/h2-14H,15H2,1H3,(H,23,27). The Labute approximate surface area is 162 Å². The third-order valence-electron chi connectivity index (χ3n) is 4.29. The number of carbonyl (C=O) groups is 1. The summed E-state index contributed by atoms with van der Waals surface area (Å²) < 4.78 is 8.55. The van der Waals surface area contributed by atoms with Crippen molar-refractivity contribution in [1.82, 2.24) is 19.6 Å². The van der Waals surface area contributed by atoms with E-state index in [-0.39, 0.29) is 5.91 Å².